The fourth-order valence-corrected chi connectivity index (χ4v) is 0.934. The second-order valence-electron chi connectivity index (χ2n) is 2.39. The maximum Gasteiger partial charge on any atom is 1.00 e. The molecule has 0 spiro atoms. The van der Waals surface area contributed by atoms with E-state index in [0.29, 0.717) is 0 Å². The number of allylic oxidation sites excluding steroid dienone is 3. The van der Waals surface area contributed by atoms with Gasteiger partial charge < -0.3 is 17.8 Å². The van der Waals surface area contributed by atoms with Gasteiger partial charge in [-0.1, -0.05) is 18.2 Å². The SMILES string of the molecule is O=C(O)CNC1=CCC=CC1.[CH3-].[Na+]. The second kappa shape index (κ2) is 8.35. The van der Waals surface area contributed by atoms with E-state index in [-0.39, 0.29) is 43.5 Å². The molecule has 0 radical (unpaired) electrons. The molecular formula is C9H14NNaO2. The monoisotopic (exact) mass is 191 g/mol. The van der Waals surface area contributed by atoms with E-state index >= 15 is 0 Å². The number of hydrogen-bond acceptors (Lipinski definition) is 2. The average molecular weight is 191 g/mol. The van der Waals surface area contributed by atoms with Gasteiger partial charge in [-0.3, -0.25) is 4.79 Å². The van der Waals surface area contributed by atoms with Crippen molar-refractivity contribution in [3.8, 4) is 0 Å². The topological polar surface area (TPSA) is 49.3 Å². The largest absolute Gasteiger partial charge is 1.00 e. The Morgan fingerprint density at radius 1 is 1.54 bits per heavy atom. The average Bonchev–Trinajstić information content (AvgIpc) is 2.03. The van der Waals surface area contributed by atoms with Crippen molar-refractivity contribution in [3.63, 3.8) is 0 Å². The molecule has 0 aromatic rings. The molecular weight excluding hydrogens is 177 g/mol. The molecule has 0 bridgehead atoms. The fraction of sp³-hybridized carbons (Fsp3) is 0.333. The maximum absolute atomic E-state index is 10.1. The molecule has 0 heterocycles. The number of nitrogens with one attached hydrogen (secondary N) is 1. The first kappa shape index (κ1) is 15.2. The molecule has 1 aliphatic carbocycles. The van der Waals surface area contributed by atoms with Gasteiger partial charge in [-0.15, -0.1) is 0 Å². The van der Waals surface area contributed by atoms with E-state index in [4.69, 9.17) is 5.11 Å². The smallest absolute Gasteiger partial charge is 0.480 e. The van der Waals surface area contributed by atoms with Gasteiger partial charge in [0, 0.05) is 12.1 Å². The molecule has 4 heteroatoms. The van der Waals surface area contributed by atoms with E-state index in [2.05, 4.69) is 11.4 Å². The van der Waals surface area contributed by atoms with Gasteiger partial charge >= 0.3 is 35.5 Å². The first-order chi connectivity index (χ1) is 5.29. The van der Waals surface area contributed by atoms with Crippen molar-refractivity contribution < 1.29 is 39.5 Å². The Kier molecular flexibility index (Phi) is 9.79. The van der Waals surface area contributed by atoms with Crippen LogP contribution in [0.15, 0.2) is 23.9 Å². The minimum Gasteiger partial charge on any atom is -0.480 e. The number of carboxylic acid groups (broad SMARTS) is 1. The third-order valence-electron chi connectivity index (χ3n) is 1.47. The van der Waals surface area contributed by atoms with E-state index < -0.39 is 5.97 Å². The molecule has 0 fully saturated rings. The maximum atomic E-state index is 10.1. The van der Waals surface area contributed by atoms with E-state index in [9.17, 15) is 4.79 Å². The van der Waals surface area contributed by atoms with Gasteiger partial charge in [0.2, 0.25) is 0 Å². The van der Waals surface area contributed by atoms with E-state index in [1.165, 1.54) is 0 Å². The number of carboxylic acids is 1. The van der Waals surface area contributed by atoms with Crippen LogP contribution in [0.5, 0.6) is 0 Å². The standard InChI is InChI=1S/C8H11NO2.CH3.Na/c10-8(11)6-9-7-4-2-1-3-5-7;;/h1-2,5,9H,3-4,6H2,(H,10,11);1H3;/q;-1;+1. The van der Waals surface area contributed by atoms with Crippen molar-refractivity contribution in [1.82, 2.24) is 5.32 Å². The molecule has 0 saturated heterocycles. The summed E-state index contributed by atoms with van der Waals surface area (Å²) in [6.45, 7) is 0.0136. The number of rotatable bonds is 3. The molecule has 0 amide bonds. The van der Waals surface area contributed by atoms with Gasteiger partial charge in [-0.25, -0.2) is 0 Å². The van der Waals surface area contributed by atoms with Gasteiger partial charge in [0.05, 0.1) is 0 Å². The van der Waals surface area contributed by atoms with Crippen molar-refractivity contribution in [2.24, 2.45) is 0 Å². The Labute approximate surface area is 101 Å². The van der Waals surface area contributed by atoms with Gasteiger partial charge in [0.25, 0.3) is 0 Å². The summed E-state index contributed by atoms with van der Waals surface area (Å²) in [5, 5.41) is 11.2. The van der Waals surface area contributed by atoms with Crippen LogP contribution in [0.4, 0.5) is 0 Å². The number of hydrogen-bond donors (Lipinski definition) is 2. The summed E-state index contributed by atoms with van der Waals surface area (Å²) in [4.78, 5) is 10.1. The van der Waals surface area contributed by atoms with Crippen molar-refractivity contribution >= 4 is 5.97 Å². The first-order valence-corrected chi connectivity index (χ1v) is 3.59. The Balaban J connectivity index is 0. The van der Waals surface area contributed by atoms with Crippen LogP contribution in [0.1, 0.15) is 12.8 Å². The van der Waals surface area contributed by atoms with Gasteiger partial charge in [-0.2, -0.15) is 0 Å². The molecule has 0 atom stereocenters. The van der Waals surface area contributed by atoms with Crippen LogP contribution >= 0.6 is 0 Å². The summed E-state index contributed by atoms with van der Waals surface area (Å²) in [5.74, 6) is -0.819. The molecule has 0 saturated carbocycles. The minimum absolute atomic E-state index is 0. The minimum atomic E-state index is -0.819. The molecule has 1 rings (SSSR count). The molecule has 0 aromatic carbocycles. The zero-order chi connectivity index (χ0) is 8.10. The van der Waals surface area contributed by atoms with Crippen molar-refractivity contribution in [2.45, 2.75) is 12.8 Å². The first-order valence-electron chi connectivity index (χ1n) is 3.59. The molecule has 1 aliphatic rings. The molecule has 2 N–H and O–H groups in total. The van der Waals surface area contributed by atoms with Crippen LogP contribution in [0.3, 0.4) is 0 Å². The normalized spacial score (nSPS) is 13.4. The molecule has 0 aromatic heterocycles. The second-order valence-corrected chi connectivity index (χ2v) is 2.39. The third kappa shape index (κ3) is 6.87. The van der Waals surface area contributed by atoms with E-state index in [0.717, 1.165) is 18.5 Å². The zero-order valence-corrected chi connectivity index (χ0v) is 10.2. The number of carbonyl (C=O) groups is 1. The summed E-state index contributed by atoms with van der Waals surface area (Å²) in [5.41, 5.74) is 1.01. The van der Waals surface area contributed by atoms with E-state index in [1.54, 1.807) is 0 Å². The fourth-order valence-electron chi connectivity index (χ4n) is 0.934. The van der Waals surface area contributed by atoms with Crippen molar-refractivity contribution in [1.29, 1.82) is 0 Å². The zero-order valence-electron chi connectivity index (χ0n) is 8.21. The van der Waals surface area contributed by atoms with Gasteiger partial charge in [0.15, 0.2) is 0 Å². The summed E-state index contributed by atoms with van der Waals surface area (Å²) in [7, 11) is 0. The van der Waals surface area contributed by atoms with Crippen LogP contribution < -0.4 is 34.9 Å². The van der Waals surface area contributed by atoms with Crippen molar-refractivity contribution in [2.75, 3.05) is 6.54 Å². The molecule has 68 valence electrons. The van der Waals surface area contributed by atoms with Crippen molar-refractivity contribution in [3.05, 3.63) is 31.4 Å². The number of aliphatic carboxylic acids is 1. The molecule has 13 heavy (non-hydrogen) atoms. The van der Waals surface area contributed by atoms with Crippen LogP contribution in [0.2, 0.25) is 0 Å². The molecule has 3 nitrogen and oxygen atoms in total. The summed E-state index contributed by atoms with van der Waals surface area (Å²) >= 11 is 0. The van der Waals surface area contributed by atoms with Crippen LogP contribution in [-0.2, 0) is 4.79 Å². The third-order valence-corrected chi connectivity index (χ3v) is 1.47. The Bertz CT molecular complexity index is 212. The summed E-state index contributed by atoms with van der Waals surface area (Å²) in [6, 6.07) is 0. The predicted octanol–water partition coefficient (Wildman–Crippen LogP) is -1.65. The van der Waals surface area contributed by atoms with Crippen LogP contribution in [-0.4, -0.2) is 17.6 Å². The van der Waals surface area contributed by atoms with Crippen LogP contribution in [0.25, 0.3) is 0 Å². The molecule has 0 aliphatic heterocycles. The van der Waals surface area contributed by atoms with Gasteiger partial charge in [-0.05, 0) is 6.42 Å². The Hall–Kier alpha value is -0.250. The Morgan fingerprint density at radius 3 is 2.69 bits per heavy atom. The summed E-state index contributed by atoms with van der Waals surface area (Å²) < 4.78 is 0. The summed E-state index contributed by atoms with van der Waals surface area (Å²) in [6.07, 6.45) is 7.83. The predicted molar refractivity (Wildman–Crippen MR) is 48.5 cm³/mol. The molecule has 0 unspecified atom stereocenters. The van der Waals surface area contributed by atoms with Gasteiger partial charge in [0.1, 0.15) is 6.54 Å². The quantitative estimate of drug-likeness (QED) is 0.319. The van der Waals surface area contributed by atoms with Crippen LogP contribution in [0, 0.1) is 7.43 Å². The Morgan fingerprint density at radius 2 is 2.23 bits per heavy atom. The van der Waals surface area contributed by atoms with E-state index in [1.807, 2.05) is 12.2 Å².